The fourth-order valence-corrected chi connectivity index (χ4v) is 3.40. The Bertz CT molecular complexity index is 1450. The van der Waals surface area contributed by atoms with Gasteiger partial charge in [0.25, 0.3) is 0 Å². The molecule has 3 aromatic heterocycles. The summed E-state index contributed by atoms with van der Waals surface area (Å²) in [6, 6.07) is 15.4. The highest BCUT2D eigenvalue weighted by molar-refractivity contribution is 5.85. The van der Waals surface area contributed by atoms with Crippen molar-refractivity contribution in [1.82, 2.24) is 24.8 Å². The lowest BCUT2D eigenvalue weighted by Gasteiger charge is -2.09. The van der Waals surface area contributed by atoms with Crippen LogP contribution in [-0.4, -0.2) is 31.9 Å². The average molecular weight is 451 g/mol. The zero-order chi connectivity index (χ0) is 23.0. The number of alkyl halides is 3. The Kier molecular flexibility index (Phi) is 5.04. The second-order valence-corrected chi connectivity index (χ2v) is 7.16. The van der Waals surface area contributed by atoms with Crippen LogP contribution in [0.5, 0.6) is 11.5 Å². The predicted octanol–water partition coefficient (Wildman–Crippen LogP) is 4.95. The second-order valence-electron chi connectivity index (χ2n) is 7.16. The van der Waals surface area contributed by atoms with Gasteiger partial charge in [0, 0.05) is 23.2 Å². The number of fused-ring (bicyclic) bond motifs is 2. The number of rotatable bonds is 5. The highest BCUT2D eigenvalue weighted by Crippen LogP contribution is 2.31. The van der Waals surface area contributed by atoms with Crippen LogP contribution in [0.15, 0.2) is 66.9 Å². The molecule has 0 saturated heterocycles. The minimum Gasteiger partial charge on any atom is -0.497 e. The van der Waals surface area contributed by atoms with Crippen LogP contribution < -0.4 is 9.47 Å². The van der Waals surface area contributed by atoms with E-state index in [2.05, 4.69) is 20.3 Å². The van der Waals surface area contributed by atoms with Crippen molar-refractivity contribution in [1.29, 1.82) is 0 Å². The Morgan fingerprint density at radius 1 is 0.939 bits per heavy atom. The smallest absolute Gasteiger partial charge is 0.416 e. The largest absolute Gasteiger partial charge is 0.497 e. The molecule has 0 N–H and O–H groups in total. The number of hydrogen-bond acceptors (Lipinski definition) is 6. The molecule has 7 nitrogen and oxygen atoms in total. The van der Waals surface area contributed by atoms with Crippen LogP contribution in [0.25, 0.3) is 27.8 Å². The van der Waals surface area contributed by atoms with E-state index in [0.717, 1.165) is 23.0 Å². The molecule has 10 heteroatoms. The number of pyridine rings is 1. The summed E-state index contributed by atoms with van der Waals surface area (Å²) in [7, 11) is 1.59. The Morgan fingerprint density at radius 2 is 1.76 bits per heavy atom. The molecule has 0 amide bonds. The summed E-state index contributed by atoms with van der Waals surface area (Å²) >= 11 is 0. The fraction of sp³-hybridized carbons (Fsp3) is 0.130. The van der Waals surface area contributed by atoms with E-state index in [1.165, 1.54) is 16.6 Å². The van der Waals surface area contributed by atoms with Crippen LogP contribution in [0.4, 0.5) is 13.2 Å². The van der Waals surface area contributed by atoms with Crippen LogP contribution >= 0.6 is 0 Å². The topological polar surface area (TPSA) is 74.4 Å². The molecule has 5 aromatic rings. The van der Waals surface area contributed by atoms with Gasteiger partial charge in [-0.15, -0.1) is 10.2 Å². The summed E-state index contributed by atoms with van der Waals surface area (Å²) < 4.78 is 51.2. The molecule has 0 aliphatic heterocycles. The van der Waals surface area contributed by atoms with E-state index in [0.29, 0.717) is 34.2 Å². The van der Waals surface area contributed by atoms with Gasteiger partial charge in [0.15, 0.2) is 11.5 Å². The number of hydrogen-bond donors (Lipinski definition) is 0. The molecule has 3 heterocycles. The third kappa shape index (κ3) is 4.02. The molecule has 33 heavy (non-hydrogen) atoms. The highest BCUT2D eigenvalue weighted by atomic mass is 19.4. The van der Waals surface area contributed by atoms with E-state index in [9.17, 15) is 13.2 Å². The molecule has 0 spiro atoms. The van der Waals surface area contributed by atoms with Gasteiger partial charge in [-0.3, -0.25) is 4.98 Å². The summed E-state index contributed by atoms with van der Waals surface area (Å²) in [5.41, 5.74) is 1.53. The van der Waals surface area contributed by atoms with E-state index >= 15 is 0 Å². The van der Waals surface area contributed by atoms with Crippen molar-refractivity contribution in [3.05, 3.63) is 78.2 Å². The number of methoxy groups -OCH3 is 1. The maximum Gasteiger partial charge on any atom is 0.416 e. The van der Waals surface area contributed by atoms with Crippen molar-refractivity contribution in [2.45, 2.75) is 12.8 Å². The first-order valence-electron chi connectivity index (χ1n) is 9.87. The van der Waals surface area contributed by atoms with Gasteiger partial charge in [-0.25, -0.2) is 0 Å². The zero-order valence-electron chi connectivity index (χ0n) is 17.2. The van der Waals surface area contributed by atoms with E-state index < -0.39 is 11.7 Å². The molecule has 0 saturated carbocycles. The minimum atomic E-state index is -4.39. The van der Waals surface area contributed by atoms with Crippen molar-refractivity contribution in [3.63, 3.8) is 0 Å². The lowest BCUT2D eigenvalue weighted by Crippen LogP contribution is -2.06. The summed E-state index contributed by atoms with van der Waals surface area (Å²) in [6.45, 7) is 0.0791. The zero-order valence-corrected chi connectivity index (χ0v) is 17.2. The summed E-state index contributed by atoms with van der Waals surface area (Å²) in [5.74, 6) is 1.74. The van der Waals surface area contributed by atoms with Crippen LogP contribution in [0.1, 0.15) is 11.4 Å². The van der Waals surface area contributed by atoms with Gasteiger partial charge in [-0.1, -0.05) is 12.1 Å². The monoisotopic (exact) mass is 451 g/mol. The molecule has 0 bridgehead atoms. The van der Waals surface area contributed by atoms with Crippen molar-refractivity contribution >= 4 is 16.6 Å². The van der Waals surface area contributed by atoms with E-state index in [-0.39, 0.29) is 6.61 Å². The van der Waals surface area contributed by atoms with Gasteiger partial charge in [0.05, 0.1) is 23.9 Å². The summed E-state index contributed by atoms with van der Waals surface area (Å²) in [5, 5.41) is 13.5. The molecule has 5 rings (SSSR count). The summed E-state index contributed by atoms with van der Waals surface area (Å²) in [4.78, 5) is 4.34. The van der Waals surface area contributed by atoms with Gasteiger partial charge in [0.2, 0.25) is 0 Å². The van der Waals surface area contributed by atoms with Crippen LogP contribution in [0, 0.1) is 0 Å². The van der Waals surface area contributed by atoms with E-state index in [4.69, 9.17) is 9.47 Å². The molecular weight excluding hydrogens is 435 g/mol. The number of aromatic nitrogens is 5. The molecule has 166 valence electrons. The van der Waals surface area contributed by atoms with Gasteiger partial charge >= 0.3 is 6.18 Å². The quantitative estimate of drug-likeness (QED) is 0.377. The third-order valence-corrected chi connectivity index (χ3v) is 5.10. The predicted molar refractivity (Wildman–Crippen MR) is 114 cm³/mol. The molecule has 0 atom stereocenters. The van der Waals surface area contributed by atoms with Crippen molar-refractivity contribution in [2.24, 2.45) is 0 Å². The molecule has 0 unspecified atom stereocenters. The van der Waals surface area contributed by atoms with Gasteiger partial charge < -0.3 is 9.47 Å². The lowest BCUT2D eigenvalue weighted by molar-refractivity contribution is -0.137. The lowest BCUT2D eigenvalue weighted by atomic mass is 10.1. The molecule has 0 aliphatic carbocycles. The van der Waals surface area contributed by atoms with Crippen LogP contribution in [0.3, 0.4) is 0 Å². The number of ether oxygens (including phenoxy) is 2. The first-order chi connectivity index (χ1) is 15.9. The first kappa shape index (κ1) is 20.7. The first-order valence-corrected chi connectivity index (χ1v) is 9.87. The Hall–Kier alpha value is -4.21. The minimum absolute atomic E-state index is 0.0791. The average Bonchev–Trinajstić information content (AvgIpc) is 3.24. The SMILES string of the molecule is COc1ccc2c(OCc3nnc4ccc(-c5ccc(C(F)(F)F)cc5)nn34)ccnc2c1. The summed E-state index contributed by atoms with van der Waals surface area (Å²) in [6.07, 6.45) is -2.75. The molecule has 0 radical (unpaired) electrons. The van der Waals surface area contributed by atoms with E-state index in [1.807, 2.05) is 18.2 Å². The third-order valence-electron chi connectivity index (χ3n) is 5.10. The Morgan fingerprint density at radius 3 is 2.52 bits per heavy atom. The van der Waals surface area contributed by atoms with Crippen molar-refractivity contribution in [3.8, 4) is 22.8 Å². The Labute approximate surface area is 185 Å². The van der Waals surface area contributed by atoms with Gasteiger partial charge in [0.1, 0.15) is 18.1 Å². The van der Waals surface area contributed by atoms with Crippen LogP contribution in [-0.2, 0) is 12.8 Å². The van der Waals surface area contributed by atoms with Gasteiger partial charge in [-0.2, -0.15) is 22.8 Å². The van der Waals surface area contributed by atoms with Crippen molar-refractivity contribution in [2.75, 3.05) is 7.11 Å². The normalized spacial score (nSPS) is 11.8. The standard InChI is InChI=1S/C23H16F3N5O2/c1-32-16-6-7-17-19(12-16)27-11-10-20(17)33-13-22-29-28-21-9-8-18(30-31(21)22)14-2-4-15(5-3-14)23(24,25)26/h2-12H,13H2,1H3. The molecule has 2 aromatic carbocycles. The van der Waals surface area contributed by atoms with E-state index in [1.54, 1.807) is 31.5 Å². The molecule has 0 aliphatic rings. The van der Waals surface area contributed by atoms with Gasteiger partial charge in [-0.05, 0) is 42.5 Å². The highest BCUT2D eigenvalue weighted by Gasteiger charge is 2.30. The molecular formula is C23H16F3N5O2. The van der Waals surface area contributed by atoms with Crippen LogP contribution in [0.2, 0.25) is 0 Å². The molecule has 0 fully saturated rings. The number of benzene rings is 2. The number of halogens is 3. The fourth-order valence-electron chi connectivity index (χ4n) is 3.40. The maximum absolute atomic E-state index is 12.8. The second kappa shape index (κ2) is 8.05. The Balaban J connectivity index is 1.42. The number of nitrogens with zero attached hydrogens (tertiary/aromatic N) is 5. The maximum atomic E-state index is 12.8. The van der Waals surface area contributed by atoms with Crippen molar-refractivity contribution < 1.29 is 22.6 Å².